The molecule has 7 nitrogen and oxygen atoms in total. The molecule has 8 heteroatoms. The molecule has 1 atom stereocenters. The van der Waals surface area contributed by atoms with Gasteiger partial charge in [-0.1, -0.05) is 18.9 Å². The summed E-state index contributed by atoms with van der Waals surface area (Å²) in [6.45, 7) is 1.34. The van der Waals surface area contributed by atoms with Crippen LogP contribution in [-0.2, 0) is 14.8 Å². The number of benzene rings is 1. The standard InChI is InChI=1S/C15H18N2O5S/c1-4-8-16-23(21,22)13-7-5-6-12(9-13)14(18)17(3)10-11(2)15(19)20/h1,5-7,9,11,16H,8,10H2,2-3H3,(H,19,20). The first kappa shape index (κ1) is 18.7. The summed E-state index contributed by atoms with van der Waals surface area (Å²) in [6, 6.07) is 5.47. The summed E-state index contributed by atoms with van der Waals surface area (Å²) >= 11 is 0. The third-order valence-corrected chi connectivity index (χ3v) is 4.47. The zero-order chi connectivity index (χ0) is 17.6. The number of sulfonamides is 1. The van der Waals surface area contributed by atoms with Crippen LogP contribution in [0.15, 0.2) is 29.2 Å². The molecule has 2 N–H and O–H groups in total. The number of amides is 1. The first-order chi connectivity index (χ1) is 10.7. The second-order valence-corrected chi connectivity index (χ2v) is 6.75. The number of carboxylic acids is 1. The second-order valence-electron chi connectivity index (χ2n) is 4.98. The van der Waals surface area contributed by atoms with Crippen LogP contribution in [0, 0.1) is 18.3 Å². The van der Waals surface area contributed by atoms with Gasteiger partial charge in [-0.2, -0.15) is 4.72 Å². The molecule has 0 fully saturated rings. The van der Waals surface area contributed by atoms with E-state index in [0.717, 1.165) is 0 Å². The molecule has 1 unspecified atom stereocenters. The third kappa shape index (κ3) is 5.09. The molecule has 0 saturated carbocycles. The minimum absolute atomic E-state index is 0.0144. The average molecular weight is 338 g/mol. The van der Waals surface area contributed by atoms with E-state index in [4.69, 9.17) is 11.5 Å². The minimum Gasteiger partial charge on any atom is -0.481 e. The predicted molar refractivity (Wildman–Crippen MR) is 84.2 cm³/mol. The maximum absolute atomic E-state index is 12.3. The Morgan fingerprint density at radius 3 is 2.65 bits per heavy atom. The van der Waals surface area contributed by atoms with E-state index in [1.165, 1.54) is 43.1 Å². The van der Waals surface area contributed by atoms with Crippen LogP contribution in [0.3, 0.4) is 0 Å². The fourth-order valence-electron chi connectivity index (χ4n) is 1.81. The van der Waals surface area contributed by atoms with Crippen molar-refractivity contribution in [3.63, 3.8) is 0 Å². The number of hydrogen-bond donors (Lipinski definition) is 2. The number of carboxylic acid groups (broad SMARTS) is 1. The van der Waals surface area contributed by atoms with Crippen molar-refractivity contribution in [1.29, 1.82) is 0 Å². The molecule has 124 valence electrons. The van der Waals surface area contributed by atoms with E-state index in [-0.39, 0.29) is 23.5 Å². The first-order valence-corrected chi connectivity index (χ1v) is 8.19. The van der Waals surface area contributed by atoms with Gasteiger partial charge in [0.05, 0.1) is 17.4 Å². The van der Waals surface area contributed by atoms with Crippen molar-refractivity contribution in [3.05, 3.63) is 29.8 Å². The van der Waals surface area contributed by atoms with Crippen molar-refractivity contribution in [2.45, 2.75) is 11.8 Å². The molecule has 0 bridgehead atoms. The quantitative estimate of drug-likeness (QED) is 0.700. The van der Waals surface area contributed by atoms with Crippen LogP contribution < -0.4 is 4.72 Å². The van der Waals surface area contributed by atoms with Gasteiger partial charge in [0.2, 0.25) is 10.0 Å². The summed E-state index contributed by atoms with van der Waals surface area (Å²) in [7, 11) is -2.34. The molecule has 0 aliphatic rings. The first-order valence-electron chi connectivity index (χ1n) is 6.70. The highest BCUT2D eigenvalue weighted by Gasteiger charge is 2.20. The van der Waals surface area contributed by atoms with Gasteiger partial charge in [-0.15, -0.1) is 6.42 Å². The van der Waals surface area contributed by atoms with E-state index < -0.39 is 27.8 Å². The number of hydrogen-bond acceptors (Lipinski definition) is 4. The van der Waals surface area contributed by atoms with Gasteiger partial charge in [0, 0.05) is 19.2 Å². The van der Waals surface area contributed by atoms with Gasteiger partial charge in [0.25, 0.3) is 5.91 Å². The summed E-state index contributed by atoms with van der Waals surface area (Å²) in [4.78, 5) is 24.3. The zero-order valence-electron chi connectivity index (χ0n) is 12.8. The highest BCUT2D eigenvalue weighted by atomic mass is 32.2. The van der Waals surface area contributed by atoms with Crippen molar-refractivity contribution in [2.75, 3.05) is 20.1 Å². The van der Waals surface area contributed by atoms with Crippen molar-refractivity contribution in [2.24, 2.45) is 5.92 Å². The van der Waals surface area contributed by atoms with E-state index in [1.54, 1.807) is 0 Å². The van der Waals surface area contributed by atoms with Crippen LogP contribution in [0.25, 0.3) is 0 Å². The largest absolute Gasteiger partial charge is 0.481 e. The van der Waals surface area contributed by atoms with E-state index in [2.05, 4.69) is 10.6 Å². The van der Waals surface area contributed by atoms with E-state index in [9.17, 15) is 18.0 Å². The number of carbonyl (C=O) groups excluding carboxylic acids is 1. The SMILES string of the molecule is C#CCNS(=O)(=O)c1cccc(C(=O)N(C)CC(C)C(=O)O)c1. The molecule has 0 heterocycles. The summed E-state index contributed by atoms with van der Waals surface area (Å²) < 4.78 is 26.2. The number of nitrogens with one attached hydrogen (secondary N) is 1. The van der Waals surface area contributed by atoms with Crippen LogP contribution in [-0.4, -0.2) is 50.4 Å². The van der Waals surface area contributed by atoms with E-state index in [1.807, 2.05) is 0 Å². The zero-order valence-corrected chi connectivity index (χ0v) is 13.6. The minimum atomic E-state index is -3.80. The lowest BCUT2D eigenvalue weighted by molar-refractivity contribution is -0.141. The van der Waals surface area contributed by atoms with Gasteiger partial charge in [0.1, 0.15) is 0 Å². The number of nitrogens with zero attached hydrogens (tertiary/aromatic N) is 1. The van der Waals surface area contributed by atoms with Gasteiger partial charge >= 0.3 is 5.97 Å². The van der Waals surface area contributed by atoms with Crippen molar-refractivity contribution in [3.8, 4) is 12.3 Å². The maximum Gasteiger partial charge on any atom is 0.308 e. The number of terminal acetylenes is 1. The van der Waals surface area contributed by atoms with Crippen LogP contribution in [0.1, 0.15) is 17.3 Å². The molecule has 0 radical (unpaired) electrons. The molecule has 0 saturated heterocycles. The molecular weight excluding hydrogens is 320 g/mol. The molecule has 1 rings (SSSR count). The third-order valence-electron chi connectivity index (χ3n) is 3.07. The Morgan fingerprint density at radius 1 is 1.43 bits per heavy atom. The Balaban J connectivity index is 2.98. The molecule has 1 amide bonds. The smallest absolute Gasteiger partial charge is 0.308 e. The summed E-state index contributed by atoms with van der Waals surface area (Å²) in [6.07, 6.45) is 5.02. The van der Waals surface area contributed by atoms with Crippen LogP contribution >= 0.6 is 0 Å². The lowest BCUT2D eigenvalue weighted by Crippen LogP contribution is -2.33. The average Bonchev–Trinajstić information content (AvgIpc) is 2.52. The molecular formula is C15H18N2O5S. The fourth-order valence-corrected chi connectivity index (χ4v) is 2.79. The Kier molecular flexibility index (Phi) is 6.30. The molecule has 0 aliphatic carbocycles. The maximum atomic E-state index is 12.3. The Hall–Kier alpha value is -2.37. The highest BCUT2D eigenvalue weighted by molar-refractivity contribution is 7.89. The Bertz CT molecular complexity index is 736. The van der Waals surface area contributed by atoms with Gasteiger partial charge in [-0.25, -0.2) is 8.42 Å². The molecule has 23 heavy (non-hydrogen) atoms. The second kappa shape index (κ2) is 7.76. The van der Waals surface area contributed by atoms with Crippen LogP contribution in [0.2, 0.25) is 0 Å². The monoisotopic (exact) mass is 338 g/mol. The van der Waals surface area contributed by atoms with Crippen LogP contribution in [0.4, 0.5) is 0 Å². The Morgan fingerprint density at radius 2 is 2.09 bits per heavy atom. The van der Waals surface area contributed by atoms with Gasteiger partial charge in [0.15, 0.2) is 0 Å². The normalized spacial score (nSPS) is 12.2. The van der Waals surface area contributed by atoms with Gasteiger partial charge in [-0.3, -0.25) is 9.59 Å². The summed E-state index contributed by atoms with van der Waals surface area (Å²) in [5, 5.41) is 8.87. The molecule has 0 spiro atoms. The summed E-state index contributed by atoms with van der Waals surface area (Å²) in [5.74, 6) is -0.0483. The number of rotatable bonds is 7. The molecule has 1 aromatic rings. The van der Waals surface area contributed by atoms with Crippen molar-refractivity contribution >= 4 is 21.9 Å². The summed E-state index contributed by atoms with van der Waals surface area (Å²) in [5.41, 5.74) is 0.147. The van der Waals surface area contributed by atoms with Crippen LogP contribution in [0.5, 0.6) is 0 Å². The lowest BCUT2D eigenvalue weighted by atomic mass is 10.1. The predicted octanol–water partition coefficient (Wildman–Crippen LogP) is 0.391. The van der Waals surface area contributed by atoms with Gasteiger partial charge < -0.3 is 10.0 Å². The molecule has 0 aliphatic heterocycles. The van der Waals surface area contributed by atoms with Crippen molar-refractivity contribution < 1.29 is 23.1 Å². The van der Waals surface area contributed by atoms with E-state index >= 15 is 0 Å². The molecule has 0 aromatic heterocycles. The number of aliphatic carboxylic acids is 1. The number of carbonyl (C=O) groups is 2. The van der Waals surface area contributed by atoms with Gasteiger partial charge in [-0.05, 0) is 18.2 Å². The Labute approximate surface area is 135 Å². The lowest BCUT2D eigenvalue weighted by Gasteiger charge is -2.19. The highest BCUT2D eigenvalue weighted by Crippen LogP contribution is 2.13. The van der Waals surface area contributed by atoms with E-state index in [0.29, 0.717) is 0 Å². The molecule has 1 aromatic carbocycles. The topological polar surface area (TPSA) is 104 Å². The van der Waals surface area contributed by atoms with Crippen molar-refractivity contribution in [1.82, 2.24) is 9.62 Å². The fraction of sp³-hybridized carbons (Fsp3) is 0.333.